The van der Waals surface area contributed by atoms with Crippen LogP contribution in [0.4, 0.5) is 0 Å². The third kappa shape index (κ3) is 8.52. The summed E-state index contributed by atoms with van der Waals surface area (Å²) in [7, 11) is -2.69. The van der Waals surface area contributed by atoms with Gasteiger partial charge in [-0.2, -0.15) is 4.72 Å². The van der Waals surface area contributed by atoms with Gasteiger partial charge in [-0.15, -0.1) is 0 Å². The molecule has 0 fully saturated rings. The van der Waals surface area contributed by atoms with E-state index in [1.165, 1.54) is 37.6 Å². The van der Waals surface area contributed by atoms with E-state index in [2.05, 4.69) is 19.8 Å². The molecule has 0 saturated heterocycles. The van der Waals surface area contributed by atoms with Gasteiger partial charge in [-0.05, 0) is 49.2 Å². The van der Waals surface area contributed by atoms with Gasteiger partial charge in [-0.3, -0.25) is 14.6 Å². The predicted molar refractivity (Wildman–Crippen MR) is 114 cm³/mol. The third-order valence-electron chi connectivity index (χ3n) is 4.12. The average Bonchev–Trinajstić information content (AvgIpc) is 2.77. The number of halogens is 1. The van der Waals surface area contributed by atoms with Crippen molar-refractivity contribution in [3.05, 3.63) is 53.8 Å². The smallest absolute Gasteiger partial charge is 0.305 e. The van der Waals surface area contributed by atoms with Crippen LogP contribution in [-0.4, -0.2) is 51.6 Å². The molecule has 1 aromatic heterocycles. The molecule has 0 saturated carbocycles. The van der Waals surface area contributed by atoms with E-state index in [9.17, 15) is 18.0 Å². The highest BCUT2D eigenvalue weighted by atomic mass is 35.5. The fourth-order valence-corrected chi connectivity index (χ4v) is 3.78. The lowest BCUT2D eigenvalue weighted by molar-refractivity contribution is -0.140. The zero-order valence-corrected chi connectivity index (χ0v) is 18.5. The van der Waals surface area contributed by atoms with Gasteiger partial charge in [0.2, 0.25) is 15.9 Å². The van der Waals surface area contributed by atoms with Crippen LogP contribution in [0.25, 0.3) is 0 Å². The summed E-state index contributed by atoms with van der Waals surface area (Å²) in [6, 6.07) is 7.67. The fraction of sp³-hybridized carbons (Fsp3) is 0.350. The lowest BCUT2D eigenvalue weighted by atomic mass is 10.2. The van der Waals surface area contributed by atoms with E-state index in [1.54, 1.807) is 18.3 Å². The van der Waals surface area contributed by atoms with Crippen molar-refractivity contribution >= 4 is 33.5 Å². The highest BCUT2D eigenvalue weighted by Crippen LogP contribution is 2.15. The first-order valence-corrected chi connectivity index (χ1v) is 11.3. The maximum atomic E-state index is 12.7. The zero-order chi connectivity index (χ0) is 22.7. The summed E-state index contributed by atoms with van der Waals surface area (Å²) in [5, 5.41) is 3.05. The van der Waals surface area contributed by atoms with Gasteiger partial charge in [0.1, 0.15) is 18.4 Å². The average molecular weight is 470 g/mol. The number of hydrogen-bond donors (Lipinski definition) is 2. The van der Waals surface area contributed by atoms with Crippen molar-refractivity contribution in [3.63, 3.8) is 0 Å². The van der Waals surface area contributed by atoms with Gasteiger partial charge in [0.25, 0.3) is 0 Å². The third-order valence-corrected chi connectivity index (χ3v) is 5.86. The number of aromatic nitrogens is 1. The normalized spacial score (nSPS) is 12.1. The number of carbonyl (C=O) groups is 2. The quantitative estimate of drug-likeness (QED) is 0.359. The number of pyridine rings is 1. The van der Waals surface area contributed by atoms with Crippen LogP contribution in [0.15, 0.2) is 53.7 Å². The number of nitrogens with one attached hydrogen (secondary N) is 2. The Kier molecular flexibility index (Phi) is 9.70. The first-order valence-electron chi connectivity index (χ1n) is 9.47. The van der Waals surface area contributed by atoms with Gasteiger partial charge in [0.15, 0.2) is 0 Å². The number of ether oxygens (including phenoxy) is 2. The van der Waals surface area contributed by atoms with E-state index in [1.807, 2.05) is 0 Å². The minimum absolute atomic E-state index is 0.0332. The molecule has 168 valence electrons. The number of amides is 1. The Morgan fingerprint density at radius 2 is 1.90 bits per heavy atom. The molecule has 1 atom stereocenters. The van der Waals surface area contributed by atoms with Gasteiger partial charge in [0, 0.05) is 24.2 Å². The maximum Gasteiger partial charge on any atom is 0.305 e. The molecule has 2 rings (SSSR count). The van der Waals surface area contributed by atoms with Crippen molar-refractivity contribution in [1.29, 1.82) is 0 Å². The number of unbranched alkanes of at least 4 members (excludes halogenated alkanes) is 1. The minimum atomic E-state index is -4.00. The summed E-state index contributed by atoms with van der Waals surface area (Å²) >= 11 is 5.81. The van der Waals surface area contributed by atoms with Crippen LogP contribution in [0.1, 0.15) is 19.3 Å². The van der Waals surface area contributed by atoms with Gasteiger partial charge in [0.05, 0.1) is 18.2 Å². The van der Waals surface area contributed by atoms with Crippen LogP contribution in [-0.2, 0) is 24.3 Å². The Bertz CT molecular complexity index is 955. The summed E-state index contributed by atoms with van der Waals surface area (Å²) in [6.07, 6.45) is 4.31. The number of benzene rings is 1. The second kappa shape index (κ2) is 12.2. The predicted octanol–water partition coefficient (Wildman–Crippen LogP) is 1.92. The maximum absolute atomic E-state index is 12.7. The Morgan fingerprint density at radius 1 is 1.16 bits per heavy atom. The molecule has 0 aliphatic carbocycles. The van der Waals surface area contributed by atoms with Gasteiger partial charge >= 0.3 is 5.97 Å². The highest BCUT2D eigenvalue weighted by Gasteiger charge is 2.26. The highest BCUT2D eigenvalue weighted by molar-refractivity contribution is 7.89. The second-order valence-corrected chi connectivity index (χ2v) is 8.60. The minimum Gasteiger partial charge on any atom is -0.490 e. The van der Waals surface area contributed by atoms with Gasteiger partial charge < -0.3 is 14.8 Å². The van der Waals surface area contributed by atoms with Crippen molar-refractivity contribution in [1.82, 2.24) is 15.0 Å². The van der Waals surface area contributed by atoms with E-state index in [-0.39, 0.29) is 30.4 Å². The topological polar surface area (TPSA) is 124 Å². The van der Waals surface area contributed by atoms with Crippen LogP contribution in [0.5, 0.6) is 5.75 Å². The Labute approximate surface area is 186 Å². The lowest BCUT2D eigenvalue weighted by Crippen LogP contribution is -2.50. The molecule has 1 amide bonds. The van der Waals surface area contributed by atoms with Crippen LogP contribution in [0.2, 0.25) is 5.02 Å². The van der Waals surface area contributed by atoms with Crippen molar-refractivity contribution < 1.29 is 27.5 Å². The molecule has 2 aromatic rings. The molecule has 0 aliphatic rings. The molecular weight excluding hydrogens is 446 g/mol. The van der Waals surface area contributed by atoms with E-state index < -0.39 is 22.0 Å². The first kappa shape index (κ1) is 24.6. The molecular formula is C20H24ClN3O6S. The fourth-order valence-electron chi connectivity index (χ4n) is 2.48. The van der Waals surface area contributed by atoms with Crippen LogP contribution in [0, 0.1) is 0 Å². The lowest BCUT2D eigenvalue weighted by Gasteiger charge is -2.19. The Hall–Kier alpha value is -2.69. The molecule has 1 aromatic carbocycles. The SMILES string of the molecule is COC(=O)CCCCNC(=O)[C@H](COc1cccnc1)NS(=O)(=O)c1ccc(Cl)cc1. The number of rotatable bonds is 12. The van der Waals surface area contributed by atoms with E-state index in [0.717, 1.165) is 0 Å². The summed E-state index contributed by atoms with van der Waals surface area (Å²) < 4.78 is 37.9. The van der Waals surface area contributed by atoms with Gasteiger partial charge in [-0.25, -0.2) is 8.42 Å². The standard InChI is InChI=1S/C20H24ClN3O6S/c1-29-19(25)6-2-3-12-23-20(26)18(14-30-16-5-4-11-22-13-16)24-31(27,28)17-9-7-15(21)8-10-17/h4-5,7-11,13,18,24H,2-3,6,12,14H2,1H3,(H,23,26)/t18-/m0/s1. The van der Waals surface area contributed by atoms with Crippen LogP contribution in [0.3, 0.4) is 0 Å². The molecule has 11 heteroatoms. The Morgan fingerprint density at radius 3 is 2.55 bits per heavy atom. The molecule has 1 heterocycles. The molecule has 0 radical (unpaired) electrons. The summed E-state index contributed by atoms with van der Waals surface area (Å²) in [5.74, 6) is -0.492. The Balaban J connectivity index is 2.02. The summed E-state index contributed by atoms with van der Waals surface area (Å²) in [5.41, 5.74) is 0. The van der Waals surface area contributed by atoms with E-state index >= 15 is 0 Å². The summed E-state index contributed by atoms with van der Waals surface area (Å²) in [6.45, 7) is 0.0222. The second-order valence-electron chi connectivity index (χ2n) is 6.45. The number of sulfonamides is 1. The molecule has 0 spiro atoms. The molecule has 2 N–H and O–H groups in total. The van der Waals surface area contributed by atoms with E-state index in [0.29, 0.717) is 23.6 Å². The van der Waals surface area contributed by atoms with Crippen LogP contribution < -0.4 is 14.8 Å². The number of carbonyl (C=O) groups excluding carboxylic acids is 2. The molecule has 0 unspecified atom stereocenters. The van der Waals surface area contributed by atoms with Crippen molar-refractivity contribution in [2.75, 3.05) is 20.3 Å². The summed E-state index contributed by atoms with van der Waals surface area (Å²) in [4.78, 5) is 27.6. The molecule has 31 heavy (non-hydrogen) atoms. The first-order chi connectivity index (χ1) is 14.8. The molecule has 0 bridgehead atoms. The molecule has 0 aliphatic heterocycles. The zero-order valence-electron chi connectivity index (χ0n) is 16.9. The number of methoxy groups -OCH3 is 1. The van der Waals surface area contributed by atoms with Gasteiger partial charge in [-0.1, -0.05) is 11.6 Å². The molecule has 9 nitrogen and oxygen atoms in total. The number of nitrogens with zero attached hydrogens (tertiary/aromatic N) is 1. The van der Waals surface area contributed by atoms with Crippen molar-refractivity contribution in [2.24, 2.45) is 0 Å². The monoisotopic (exact) mass is 469 g/mol. The largest absolute Gasteiger partial charge is 0.490 e. The number of esters is 1. The van der Waals surface area contributed by atoms with Crippen molar-refractivity contribution in [3.8, 4) is 5.75 Å². The van der Waals surface area contributed by atoms with Crippen LogP contribution >= 0.6 is 11.6 Å². The van der Waals surface area contributed by atoms with E-state index in [4.69, 9.17) is 16.3 Å². The number of hydrogen-bond acceptors (Lipinski definition) is 7. The van der Waals surface area contributed by atoms with Crippen molar-refractivity contribution in [2.45, 2.75) is 30.2 Å².